The Bertz CT molecular complexity index is 406. The zero-order valence-electron chi connectivity index (χ0n) is 9.22. The molecule has 17 heavy (non-hydrogen) atoms. The Balaban J connectivity index is 2.06. The SMILES string of the molecule is OC1CCC(Nc2cc(F)c(Br)cc2F)CC1. The standard InChI is InChI=1S/C12H14BrF2NO/c13-9-5-11(15)12(6-10(9)14)16-7-1-3-8(17)4-2-7/h5-8,16-17H,1-4H2. The second-order valence-corrected chi connectivity index (χ2v) is 5.25. The highest BCUT2D eigenvalue weighted by Crippen LogP contribution is 2.27. The van der Waals surface area contributed by atoms with Gasteiger partial charge in [0.25, 0.3) is 0 Å². The van der Waals surface area contributed by atoms with Gasteiger partial charge in [0.1, 0.15) is 11.6 Å². The molecule has 0 amide bonds. The molecule has 2 rings (SSSR count). The number of hydrogen-bond acceptors (Lipinski definition) is 2. The molecule has 0 heterocycles. The average molecular weight is 306 g/mol. The van der Waals surface area contributed by atoms with Crippen molar-refractivity contribution in [1.82, 2.24) is 0 Å². The topological polar surface area (TPSA) is 32.3 Å². The summed E-state index contributed by atoms with van der Waals surface area (Å²) in [7, 11) is 0. The molecule has 0 aliphatic heterocycles. The number of anilines is 1. The Morgan fingerprint density at radius 2 is 1.76 bits per heavy atom. The van der Waals surface area contributed by atoms with Gasteiger partial charge in [-0.15, -0.1) is 0 Å². The van der Waals surface area contributed by atoms with Gasteiger partial charge in [0, 0.05) is 12.1 Å². The second kappa shape index (κ2) is 5.31. The minimum absolute atomic E-state index is 0.105. The van der Waals surface area contributed by atoms with Crippen molar-refractivity contribution < 1.29 is 13.9 Å². The molecular formula is C12H14BrF2NO. The van der Waals surface area contributed by atoms with Gasteiger partial charge in [0.2, 0.25) is 0 Å². The van der Waals surface area contributed by atoms with E-state index >= 15 is 0 Å². The number of nitrogens with one attached hydrogen (secondary N) is 1. The molecule has 2 N–H and O–H groups in total. The van der Waals surface area contributed by atoms with Crippen LogP contribution in [-0.4, -0.2) is 17.3 Å². The van der Waals surface area contributed by atoms with Gasteiger partial charge in [0.15, 0.2) is 0 Å². The molecule has 2 nitrogen and oxygen atoms in total. The summed E-state index contributed by atoms with van der Waals surface area (Å²) in [6.45, 7) is 0. The molecule has 1 fully saturated rings. The number of benzene rings is 1. The van der Waals surface area contributed by atoms with Crippen LogP contribution in [0.3, 0.4) is 0 Å². The highest BCUT2D eigenvalue weighted by molar-refractivity contribution is 9.10. The Kier molecular flexibility index (Phi) is 3.99. The zero-order valence-corrected chi connectivity index (χ0v) is 10.8. The molecule has 0 spiro atoms. The maximum Gasteiger partial charge on any atom is 0.147 e. The molecule has 0 bridgehead atoms. The first-order valence-electron chi connectivity index (χ1n) is 5.65. The molecule has 1 aliphatic carbocycles. The van der Waals surface area contributed by atoms with Crippen LogP contribution in [0.25, 0.3) is 0 Å². The molecule has 1 saturated carbocycles. The van der Waals surface area contributed by atoms with Gasteiger partial charge < -0.3 is 10.4 Å². The van der Waals surface area contributed by atoms with Crippen LogP contribution in [0, 0.1) is 11.6 Å². The first-order chi connectivity index (χ1) is 8.06. The van der Waals surface area contributed by atoms with Crippen molar-refractivity contribution in [3.05, 3.63) is 28.2 Å². The molecule has 1 aromatic rings. The minimum atomic E-state index is -0.482. The van der Waals surface area contributed by atoms with Gasteiger partial charge in [-0.05, 0) is 47.7 Å². The van der Waals surface area contributed by atoms with Crippen LogP contribution in [0.2, 0.25) is 0 Å². The van der Waals surface area contributed by atoms with Crippen LogP contribution in [0.15, 0.2) is 16.6 Å². The summed E-state index contributed by atoms with van der Waals surface area (Å²) in [5, 5.41) is 12.4. The Hall–Kier alpha value is -0.680. The van der Waals surface area contributed by atoms with Crippen LogP contribution < -0.4 is 5.32 Å². The Labute approximate surface area is 107 Å². The smallest absolute Gasteiger partial charge is 0.147 e. The summed E-state index contributed by atoms with van der Waals surface area (Å²) in [6.07, 6.45) is 2.72. The molecule has 0 radical (unpaired) electrons. The Morgan fingerprint density at radius 3 is 2.41 bits per heavy atom. The predicted octanol–water partition coefficient (Wildman–Crippen LogP) is 3.44. The van der Waals surface area contributed by atoms with Crippen LogP contribution in [0.5, 0.6) is 0 Å². The van der Waals surface area contributed by atoms with E-state index in [-0.39, 0.29) is 22.3 Å². The van der Waals surface area contributed by atoms with E-state index in [1.807, 2.05) is 0 Å². The van der Waals surface area contributed by atoms with Gasteiger partial charge in [-0.2, -0.15) is 0 Å². The van der Waals surface area contributed by atoms with Gasteiger partial charge in [-0.1, -0.05) is 0 Å². The van der Waals surface area contributed by atoms with Gasteiger partial charge in [0.05, 0.1) is 16.3 Å². The van der Waals surface area contributed by atoms with Crippen LogP contribution in [0.1, 0.15) is 25.7 Å². The predicted molar refractivity (Wildman–Crippen MR) is 65.9 cm³/mol. The van der Waals surface area contributed by atoms with E-state index in [2.05, 4.69) is 21.2 Å². The molecule has 1 aromatic carbocycles. The molecule has 1 aliphatic rings. The molecule has 0 saturated heterocycles. The van der Waals surface area contributed by atoms with Gasteiger partial charge in [-0.25, -0.2) is 8.78 Å². The first-order valence-corrected chi connectivity index (χ1v) is 6.44. The van der Waals surface area contributed by atoms with Crippen molar-refractivity contribution in [1.29, 1.82) is 0 Å². The highest BCUT2D eigenvalue weighted by atomic mass is 79.9. The maximum absolute atomic E-state index is 13.6. The van der Waals surface area contributed by atoms with Crippen molar-refractivity contribution in [3.63, 3.8) is 0 Å². The lowest BCUT2D eigenvalue weighted by atomic mass is 9.93. The highest BCUT2D eigenvalue weighted by Gasteiger charge is 2.20. The van der Waals surface area contributed by atoms with E-state index < -0.39 is 11.6 Å². The van der Waals surface area contributed by atoms with E-state index in [1.54, 1.807) is 0 Å². The van der Waals surface area contributed by atoms with Crippen molar-refractivity contribution >= 4 is 21.6 Å². The summed E-state index contributed by atoms with van der Waals surface area (Å²) in [4.78, 5) is 0. The number of aliphatic hydroxyl groups excluding tert-OH is 1. The lowest BCUT2D eigenvalue weighted by molar-refractivity contribution is 0.126. The van der Waals surface area contributed by atoms with E-state index in [1.165, 1.54) is 0 Å². The van der Waals surface area contributed by atoms with E-state index in [4.69, 9.17) is 0 Å². The third-order valence-electron chi connectivity index (χ3n) is 3.07. The Morgan fingerprint density at radius 1 is 1.12 bits per heavy atom. The molecule has 94 valence electrons. The summed E-state index contributed by atoms with van der Waals surface area (Å²) in [5.74, 6) is -0.950. The number of halogens is 3. The normalized spacial score (nSPS) is 24.7. The zero-order chi connectivity index (χ0) is 12.4. The number of aliphatic hydroxyl groups is 1. The molecular weight excluding hydrogens is 292 g/mol. The molecule has 0 atom stereocenters. The lowest BCUT2D eigenvalue weighted by Crippen LogP contribution is -2.28. The first kappa shape index (κ1) is 12.8. The lowest BCUT2D eigenvalue weighted by Gasteiger charge is -2.27. The summed E-state index contributed by atoms with van der Waals surface area (Å²) < 4.78 is 27.0. The van der Waals surface area contributed by atoms with E-state index in [0.717, 1.165) is 25.0 Å². The molecule has 0 aromatic heterocycles. The largest absolute Gasteiger partial charge is 0.393 e. The third-order valence-corrected chi connectivity index (χ3v) is 3.67. The van der Waals surface area contributed by atoms with Gasteiger partial charge in [-0.3, -0.25) is 0 Å². The molecule has 0 unspecified atom stereocenters. The van der Waals surface area contributed by atoms with Crippen molar-refractivity contribution in [2.24, 2.45) is 0 Å². The minimum Gasteiger partial charge on any atom is -0.393 e. The third kappa shape index (κ3) is 3.16. The fourth-order valence-electron chi connectivity index (χ4n) is 2.07. The monoisotopic (exact) mass is 305 g/mol. The fraction of sp³-hybridized carbons (Fsp3) is 0.500. The van der Waals surface area contributed by atoms with Gasteiger partial charge >= 0.3 is 0 Å². The van der Waals surface area contributed by atoms with E-state index in [9.17, 15) is 13.9 Å². The van der Waals surface area contributed by atoms with Crippen LogP contribution in [-0.2, 0) is 0 Å². The molecule has 5 heteroatoms. The summed E-state index contributed by atoms with van der Waals surface area (Å²) >= 11 is 2.94. The summed E-state index contributed by atoms with van der Waals surface area (Å²) in [5.41, 5.74) is 0.187. The fourth-order valence-corrected chi connectivity index (χ4v) is 2.39. The van der Waals surface area contributed by atoms with Crippen molar-refractivity contribution in [2.45, 2.75) is 37.8 Å². The maximum atomic E-state index is 13.6. The second-order valence-electron chi connectivity index (χ2n) is 4.40. The number of rotatable bonds is 2. The average Bonchev–Trinajstić information content (AvgIpc) is 2.29. The quantitative estimate of drug-likeness (QED) is 0.820. The van der Waals surface area contributed by atoms with Crippen molar-refractivity contribution in [3.8, 4) is 0 Å². The van der Waals surface area contributed by atoms with Crippen LogP contribution >= 0.6 is 15.9 Å². The summed E-state index contributed by atoms with van der Waals surface area (Å²) in [6, 6.07) is 2.38. The van der Waals surface area contributed by atoms with Crippen LogP contribution in [0.4, 0.5) is 14.5 Å². The number of hydrogen-bond donors (Lipinski definition) is 2. The van der Waals surface area contributed by atoms with Crippen molar-refractivity contribution in [2.75, 3.05) is 5.32 Å². The van der Waals surface area contributed by atoms with E-state index in [0.29, 0.717) is 12.8 Å².